The zero-order valence-corrected chi connectivity index (χ0v) is 20.7. The van der Waals surface area contributed by atoms with Gasteiger partial charge in [-0.15, -0.1) is 0 Å². The number of nitrogens with zero attached hydrogens (tertiary/aromatic N) is 1. The topological polar surface area (TPSA) is 71.8 Å². The van der Waals surface area contributed by atoms with Gasteiger partial charge in [0.15, 0.2) is 11.9 Å². The van der Waals surface area contributed by atoms with Gasteiger partial charge in [0.05, 0.1) is 12.3 Å². The molecule has 0 aliphatic carbocycles. The summed E-state index contributed by atoms with van der Waals surface area (Å²) in [5.41, 5.74) is 3.20. The molecule has 2 atom stereocenters. The zero-order valence-electron chi connectivity index (χ0n) is 20.7. The van der Waals surface area contributed by atoms with Crippen LogP contribution >= 0.6 is 0 Å². The second-order valence-corrected chi connectivity index (χ2v) is 9.39. The quantitative estimate of drug-likeness (QED) is 0.452. The summed E-state index contributed by atoms with van der Waals surface area (Å²) in [5, 5.41) is 2.99. The van der Waals surface area contributed by atoms with E-state index in [0.717, 1.165) is 24.0 Å². The average molecular weight is 475 g/mol. The molecule has 1 aliphatic rings. The summed E-state index contributed by atoms with van der Waals surface area (Å²) < 4.78 is 11.6. The fraction of sp³-hybridized carbons (Fsp3) is 0.379. The van der Waals surface area contributed by atoms with Crippen molar-refractivity contribution in [3.8, 4) is 5.75 Å². The highest BCUT2D eigenvalue weighted by Gasteiger charge is 2.34. The van der Waals surface area contributed by atoms with E-state index < -0.39 is 6.10 Å². The van der Waals surface area contributed by atoms with Gasteiger partial charge >= 0.3 is 0 Å². The molecule has 1 aliphatic heterocycles. The largest absolute Gasteiger partial charge is 0.481 e. The first-order valence-electron chi connectivity index (χ1n) is 12.4. The van der Waals surface area contributed by atoms with Gasteiger partial charge in [0.25, 0.3) is 11.8 Å². The summed E-state index contributed by atoms with van der Waals surface area (Å²) in [6.45, 7) is 7.44. The predicted molar refractivity (Wildman–Crippen MR) is 135 cm³/mol. The number of hydrogen-bond acceptors (Lipinski definition) is 4. The molecule has 0 saturated heterocycles. The van der Waals surface area contributed by atoms with Gasteiger partial charge in [-0.25, -0.2) is 0 Å². The third-order valence-corrected chi connectivity index (χ3v) is 6.42. The number of fused-ring (bicyclic) bond motifs is 1. The van der Waals surface area contributed by atoms with Gasteiger partial charge in [-0.3, -0.25) is 9.59 Å². The van der Waals surface area contributed by atoms with Crippen molar-refractivity contribution in [2.24, 2.45) is 5.92 Å². The van der Waals surface area contributed by atoms with E-state index in [1.54, 1.807) is 12.1 Å². The first kappa shape index (κ1) is 24.6. The maximum absolute atomic E-state index is 13.3. The Morgan fingerprint density at radius 1 is 1.11 bits per heavy atom. The number of amides is 2. The third-order valence-electron chi connectivity index (χ3n) is 6.42. The third kappa shape index (κ3) is 5.76. The molecule has 6 heteroatoms. The number of furan rings is 1. The van der Waals surface area contributed by atoms with Crippen molar-refractivity contribution >= 4 is 11.8 Å². The van der Waals surface area contributed by atoms with Gasteiger partial charge < -0.3 is 19.4 Å². The van der Waals surface area contributed by atoms with Crippen LogP contribution in [0.3, 0.4) is 0 Å². The van der Waals surface area contributed by atoms with Crippen LogP contribution in [0.2, 0.25) is 0 Å². The molecule has 4 rings (SSSR count). The van der Waals surface area contributed by atoms with E-state index >= 15 is 0 Å². The summed E-state index contributed by atoms with van der Waals surface area (Å²) in [5.74, 6) is 1.24. The van der Waals surface area contributed by atoms with Crippen LogP contribution in [0.1, 0.15) is 66.9 Å². The summed E-state index contributed by atoms with van der Waals surface area (Å²) >= 11 is 0. The monoisotopic (exact) mass is 474 g/mol. The SMILES string of the molecule is CC[C@H](Oc1ccc2c(c1)[C@@H](c1ccccc1)N(C(=O)c1ccco1)CC2)C(=O)NCCC(C)C. The molecule has 0 radical (unpaired) electrons. The van der Waals surface area contributed by atoms with Crippen LogP contribution < -0.4 is 10.1 Å². The van der Waals surface area contributed by atoms with Gasteiger partial charge in [-0.1, -0.05) is 57.2 Å². The Morgan fingerprint density at radius 2 is 1.91 bits per heavy atom. The lowest BCUT2D eigenvalue weighted by atomic mass is 9.87. The lowest BCUT2D eigenvalue weighted by Gasteiger charge is -2.37. The van der Waals surface area contributed by atoms with Gasteiger partial charge in [-0.2, -0.15) is 0 Å². The molecule has 1 aromatic heterocycles. The standard InChI is InChI=1S/C29H34N2O4/c1-4-25(28(32)30-16-14-20(2)3)35-23-13-12-21-15-17-31(29(33)26-11-8-18-34-26)27(24(21)19-23)22-9-6-5-7-10-22/h5-13,18-20,25,27H,4,14-17H2,1-3H3,(H,30,32)/t25-,27+/m0/s1. The van der Waals surface area contributed by atoms with Crippen molar-refractivity contribution in [1.82, 2.24) is 10.2 Å². The molecular formula is C29H34N2O4. The molecule has 2 amide bonds. The Bertz CT molecular complexity index is 1120. The molecular weight excluding hydrogens is 440 g/mol. The van der Waals surface area contributed by atoms with Crippen LogP contribution in [0.4, 0.5) is 0 Å². The maximum atomic E-state index is 13.3. The smallest absolute Gasteiger partial charge is 0.290 e. The first-order chi connectivity index (χ1) is 17.0. The molecule has 35 heavy (non-hydrogen) atoms. The van der Waals surface area contributed by atoms with Crippen molar-refractivity contribution in [3.63, 3.8) is 0 Å². The lowest BCUT2D eigenvalue weighted by Crippen LogP contribution is -2.41. The van der Waals surface area contributed by atoms with Crippen LogP contribution in [-0.4, -0.2) is 35.9 Å². The molecule has 0 bridgehead atoms. The Morgan fingerprint density at radius 3 is 2.60 bits per heavy atom. The lowest BCUT2D eigenvalue weighted by molar-refractivity contribution is -0.128. The Labute approximate surface area is 207 Å². The van der Waals surface area contributed by atoms with E-state index in [1.165, 1.54) is 11.8 Å². The minimum atomic E-state index is -0.570. The Kier molecular flexibility index (Phi) is 7.91. The molecule has 0 fully saturated rings. The number of rotatable bonds is 9. The van der Waals surface area contributed by atoms with Crippen molar-refractivity contribution in [3.05, 3.63) is 89.4 Å². The van der Waals surface area contributed by atoms with E-state index in [1.807, 2.05) is 54.3 Å². The normalized spacial score (nSPS) is 16.0. The van der Waals surface area contributed by atoms with Crippen molar-refractivity contribution in [1.29, 1.82) is 0 Å². The second kappa shape index (κ2) is 11.3. The number of carbonyl (C=O) groups excluding carboxylic acids is 2. The summed E-state index contributed by atoms with van der Waals surface area (Å²) in [6.07, 6.45) is 3.18. The number of carbonyl (C=O) groups is 2. The second-order valence-electron chi connectivity index (χ2n) is 9.39. The number of nitrogens with one attached hydrogen (secondary N) is 1. The van der Waals surface area contributed by atoms with Gasteiger partial charge in [-0.05, 0) is 66.1 Å². The number of ether oxygens (including phenoxy) is 1. The minimum absolute atomic E-state index is 0.0971. The molecule has 0 unspecified atom stereocenters. The molecule has 2 aromatic carbocycles. The van der Waals surface area contributed by atoms with Crippen LogP contribution in [0.25, 0.3) is 0 Å². The summed E-state index contributed by atoms with van der Waals surface area (Å²) in [7, 11) is 0. The molecule has 0 spiro atoms. The summed E-state index contributed by atoms with van der Waals surface area (Å²) in [6, 6.07) is 19.1. The highest BCUT2D eigenvalue weighted by atomic mass is 16.5. The molecule has 184 valence electrons. The maximum Gasteiger partial charge on any atom is 0.290 e. The highest BCUT2D eigenvalue weighted by Crippen LogP contribution is 2.38. The van der Waals surface area contributed by atoms with Crippen LogP contribution in [0, 0.1) is 5.92 Å². The Hall–Kier alpha value is -3.54. The van der Waals surface area contributed by atoms with Crippen LogP contribution in [0.5, 0.6) is 5.75 Å². The van der Waals surface area contributed by atoms with Gasteiger partial charge in [0.2, 0.25) is 0 Å². The fourth-order valence-electron chi connectivity index (χ4n) is 4.51. The molecule has 3 aromatic rings. The Balaban J connectivity index is 1.62. The van der Waals surface area contributed by atoms with E-state index in [-0.39, 0.29) is 17.9 Å². The summed E-state index contributed by atoms with van der Waals surface area (Å²) in [4.78, 5) is 27.9. The van der Waals surface area contributed by atoms with E-state index in [2.05, 4.69) is 25.2 Å². The molecule has 0 saturated carbocycles. The van der Waals surface area contributed by atoms with Crippen molar-refractivity contribution < 1.29 is 18.7 Å². The zero-order chi connectivity index (χ0) is 24.8. The van der Waals surface area contributed by atoms with Crippen LogP contribution in [0.15, 0.2) is 71.3 Å². The number of benzene rings is 2. The molecule has 6 nitrogen and oxygen atoms in total. The van der Waals surface area contributed by atoms with Gasteiger partial charge in [0.1, 0.15) is 5.75 Å². The molecule has 2 heterocycles. The van der Waals surface area contributed by atoms with Gasteiger partial charge in [0, 0.05) is 13.1 Å². The van der Waals surface area contributed by atoms with Crippen LogP contribution in [-0.2, 0) is 11.2 Å². The first-order valence-corrected chi connectivity index (χ1v) is 12.4. The highest BCUT2D eigenvalue weighted by molar-refractivity contribution is 5.92. The van der Waals surface area contributed by atoms with E-state index in [0.29, 0.717) is 36.9 Å². The number of hydrogen-bond donors (Lipinski definition) is 1. The predicted octanol–water partition coefficient (Wildman–Crippen LogP) is 5.39. The van der Waals surface area contributed by atoms with E-state index in [9.17, 15) is 9.59 Å². The fourth-order valence-corrected chi connectivity index (χ4v) is 4.51. The van der Waals surface area contributed by atoms with E-state index in [4.69, 9.17) is 9.15 Å². The molecule has 1 N–H and O–H groups in total. The van der Waals surface area contributed by atoms with Crippen molar-refractivity contribution in [2.45, 2.75) is 52.2 Å². The average Bonchev–Trinajstić information content (AvgIpc) is 3.41. The van der Waals surface area contributed by atoms with Crippen molar-refractivity contribution in [2.75, 3.05) is 13.1 Å². The minimum Gasteiger partial charge on any atom is -0.481 e.